The van der Waals surface area contributed by atoms with E-state index in [1.54, 1.807) is 11.8 Å². The molecule has 0 bridgehead atoms. The number of fused-ring (bicyclic) bond motifs is 3. The summed E-state index contributed by atoms with van der Waals surface area (Å²) in [5, 5.41) is 2.21. The number of likely N-dealkylation sites (tertiary alicyclic amines) is 1. The summed E-state index contributed by atoms with van der Waals surface area (Å²) < 4.78 is 10.4. The van der Waals surface area contributed by atoms with Crippen LogP contribution in [-0.2, 0) is 15.9 Å². The van der Waals surface area contributed by atoms with Crippen LogP contribution in [0.5, 0.6) is 0 Å². The van der Waals surface area contributed by atoms with Crippen molar-refractivity contribution in [1.82, 2.24) is 15.1 Å². The van der Waals surface area contributed by atoms with Crippen LogP contribution in [0, 0.1) is 0 Å². The zero-order valence-electron chi connectivity index (χ0n) is 15.2. The van der Waals surface area contributed by atoms with Gasteiger partial charge in [0.2, 0.25) is 0 Å². The molecular weight excluding hydrogens is 350 g/mol. The lowest BCUT2D eigenvalue weighted by molar-refractivity contribution is 0.110. The number of piperidine rings is 1. The lowest BCUT2D eigenvalue weighted by atomic mass is 9.99. The van der Waals surface area contributed by atoms with Crippen LogP contribution in [0.2, 0.25) is 0 Å². The maximum Gasteiger partial charge on any atom is 0.415 e. The van der Waals surface area contributed by atoms with Gasteiger partial charge in [-0.25, -0.2) is 19.7 Å². The van der Waals surface area contributed by atoms with Crippen LogP contribution in [0.3, 0.4) is 0 Å². The van der Waals surface area contributed by atoms with Gasteiger partial charge in [0.25, 0.3) is 0 Å². The van der Waals surface area contributed by atoms with E-state index in [1.807, 2.05) is 17.0 Å². The highest BCUT2D eigenvalue weighted by Crippen LogP contribution is 2.44. The first kappa shape index (κ1) is 17.6. The Balaban J connectivity index is 1.40. The molecule has 2 fully saturated rings. The molecule has 144 valence electrons. The predicted octanol–water partition coefficient (Wildman–Crippen LogP) is 2.44. The monoisotopic (exact) mass is 373 g/mol. The number of carbonyl (C=O) groups is 3. The van der Waals surface area contributed by atoms with Crippen LogP contribution in [-0.4, -0.2) is 59.9 Å². The standard InChI is InChI=1S/C19H23N3O5/c1-2-26-18(24)20-17(23)21-9-7-13(8-10-21)22-16-14-6-4-3-5-12(14)11-15(16)27-19(22)25/h3-6,13,15-16H,2,7-11H2,1H3,(H,20,23,24). The van der Waals surface area contributed by atoms with Gasteiger partial charge in [-0.05, 0) is 30.9 Å². The van der Waals surface area contributed by atoms with Crippen molar-refractivity contribution in [3.8, 4) is 0 Å². The SMILES string of the molecule is CCOC(=O)NC(=O)N1CCC(N2C(=O)OC3Cc4ccccc4C32)CC1. The summed E-state index contributed by atoms with van der Waals surface area (Å²) in [6, 6.07) is 7.67. The van der Waals surface area contributed by atoms with E-state index >= 15 is 0 Å². The van der Waals surface area contributed by atoms with E-state index < -0.39 is 12.1 Å². The average molecular weight is 373 g/mol. The summed E-state index contributed by atoms with van der Waals surface area (Å²) >= 11 is 0. The molecule has 0 aromatic heterocycles. The summed E-state index contributed by atoms with van der Waals surface area (Å²) in [5.74, 6) is 0. The number of alkyl carbamates (subject to hydrolysis) is 1. The van der Waals surface area contributed by atoms with Crippen LogP contribution in [0.1, 0.15) is 36.9 Å². The van der Waals surface area contributed by atoms with Crippen molar-refractivity contribution < 1.29 is 23.9 Å². The number of rotatable bonds is 2. The number of nitrogens with one attached hydrogen (secondary N) is 1. The molecule has 4 amide bonds. The molecule has 8 nitrogen and oxygen atoms in total. The quantitative estimate of drug-likeness (QED) is 0.860. The zero-order chi connectivity index (χ0) is 19.0. The van der Waals surface area contributed by atoms with E-state index in [0.717, 1.165) is 12.0 Å². The number of urea groups is 1. The topological polar surface area (TPSA) is 88.2 Å². The first-order valence-corrected chi connectivity index (χ1v) is 9.38. The lowest BCUT2D eigenvalue weighted by Gasteiger charge is -2.37. The number of ether oxygens (including phenoxy) is 2. The van der Waals surface area contributed by atoms with Crippen molar-refractivity contribution in [3.05, 3.63) is 35.4 Å². The largest absolute Gasteiger partial charge is 0.450 e. The lowest BCUT2D eigenvalue weighted by Crippen LogP contribution is -2.51. The maximum absolute atomic E-state index is 12.5. The summed E-state index contributed by atoms with van der Waals surface area (Å²) in [4.78, 5) is 39.5. The van der Waals surface area contributed by atoms with Crippen molar-refractivity contribution in [2.24, 2.45) is 0 Å². The van der Waals surface area contributed by atoms with Crippen molar-refractivity contribution in [2.75, 3.05) is 19.7 Å². The van der Waals surface area contributed by atoms with Crippen LogP contribution in [0.15, 0.2) is 24.3 Å². The van der Waals surface area contributed by atoms with Crippen LogP contribution in [0.25, 0.3) is 0 Å². The van der Waals surface area contributed by atoms with Gasteiger partial charge in [-0.3, -0.25) is 4.90 Å². The second kappa shape index (κ2) is 7.09. The predicted molar refractivity (Wildman–Crippen MR) is 95.1 cm³/mol. The van der Waals surface area contributed by atoms with Crippen LogP contribution >= 0.6 is 0 Å². The Labute approximate surface area is 157 Å². The molecule has 4 rings (SSSR count). The van der Waals surface area contributed by atoms with E-state index in [4.69, 9.17) is 9.47 Å². The molecule has 0 spiro atoms. The van der Waals surface area contributed by atoms with E-state index in [9.17, 15) is 14.4 Å². The molecule has 2 atom stereocenters. The Kier molecular flexibility index (Phi) is 4.63. The molecule has 27 heavy (non-hydrogen) atoms. The Hall–Kier alpha value is -2.77. The Morgan fingerprint density at radius 2 is 2.00 bits per heavy atom. The molecule has 1 aromatic carbocycles. The average Bonchev–Trinajstić information content (AvgIpc) is 3.16. The smallest absolute Gasteiger partial charge is 0.415 e. The number of nitrogens with zero attached hydrogens (tertiary/aromatic N) is 2. The normalized spacial score (nSPS) is 24.3. The summed E-state index contributed by atoms with van der Waals surface area (Å²) in [7, 11) is 0. The van der Waals surface area contributed by atoms with E-state index in [2.05, 4.69) is 17.4 Å². The molecule has 0 saturated carbocycles. The molecule has 2 aliphatic heterocycles. The van der Waals surface area contributed by atoms with Crippen molar-refractivity contribution in [3.63, 3.8) is 0 Å². The van der Waals surface area contributed by atoms with Gasteiger partial charge in [0.15, 0.2) is 0 Å². The highest BCUT2D eigenvalue weighted by Gasteiger charge is 2.50. The van der Waals surface area contributed by atoms with Crippen LogP contribution in [0.4, 0.5) is 14.4 Å². The number of carbonyl (C=O) groups excluding carboxylic acids is 3. The minimum atomic E-state index is -0.738. The Morgan fingerprint density at radius 1 is 1.26 bits per heavy atom. The zero-order valence-corrected chi connectivity index (χ0v) is 15.2. The van der Waals surface area contributed by atoms with Gasteiger partial charge >= 0.3 is 18.2 Å². The van der Waals surface area contributed by atoms with Gasteiger partial charge in [0.1, 0.15) is 6.10 Å². The third-order valence-corrected chi connectivity index (χ3v) is 5.54. The number of amides is 4. The molecule has 2 heterocycles. The summed E-state index contributed by atoms with van der Waals surface area (Å²) in [6.07, 6.45) is 0.921. The first-order valence-electron chi connectivity index (χ1n) is 9.38. The Morgan fingerprint density at radius 3 is 2.74 bits per heavy atom. The second-order valence-electron chi connectivity index (χ2n) is 7.05. The van der Waals surface area contributed by atoms with E-state index in [1.165, 1.54) is 5.56 Å². The number of imide groups is 1. The fourth-order valence-electron chi connectivity index (χ4n) is 4.33. The fraction of sp³-hybridized carbons (Fsp3) is 0.526. The third kappa shape index (κ3) is 3.20. The molecule has 1 aromatic rings. The highest BCUT2D eigenvalue weighted by molar-refractivity contribution is 5.90. The highest BCUT2D eigenvalue weighted by atomic mass is 16.6. The van der Waals surface area contributed by atoms with Gasteiger partial charge in [0.05, 0.1) is 12.6 Å². The van der Waals surface area contributed by atoms with Crippen molar-refractivity contribution in [2.45, 2.75) is 44.4 Å². The van der Waals surface area contributed by atoms with Gasteiger partial charge in [-0.1, -0.05) is 24.3 Å². The minimum absolute atomic E-state index is 0.0188. The maximum atomic E-state index is 12.5. The molecule has 1 N–H and O–H groups in total. The fourth-order valence-corrected chi connectivity index (χ4v) is 4.33. The molecule has 2 unspecified atom stereocenters. The Bertz CT molecular complexity index is 759. The number of hydrogen-bond donors (Lipinski definition) is 1. The van der Waals surface area contributed by atoms with Gasteiger partial charge in [-0.15, -0.1) is 0 Å². The molecule has 1 aliphatic carbocycles. The molecule has 8 heteroatoms. The molecule has 2 saturated heterocycles. The van der Waals surface area contributed by atoms with Gasteiger partial charge < -0.3 is 14.4 Å². The second-order valence-corrected chi connectivity index (χ2v) is 7.05. The molecule has 0 radical (unpaired) electrons. The van der Waals surface area contributed by atoms with Gasteiger partial charge in [-0.2, -0.15) is 0 Å². The van der Waals surface area contributed by atoms with E-state index in [-0.39, 0.29) is 30.9 Å². The van der Waals surface area contributed by atoms with Crippen LogP contribution < -0.4 is 5.32 Å². The first-order chi connectivity index (χ1) is 13.1. The number of benzene rings is 1. The minimum Gasteiger partial charge on any atom is -0.450 e. The van der Waals surface area contributed by atoms with Crippen molar-refractivity contribution in [1.29, 1.82) is 0 Å². The molecule has 3 aliphatic rings. The summed E-state index contributed by atoms with van der Waals surface area (Å²) in [5.41, 5.74) is 2.40. The van der Waals surface area contributed by atoms with E-state index in [0.29, 0.717) is 25.9 Å². The number of hydrogen-bond acceptors (Lipinski definition) is 5. The molecular formula is C19H23N3O5. The van der Waals surface area contributed by atoms with Gasteiger partial charge in [0, 0.05) is 25.6 Å². The van der Waals surface area contributed by atoms with Crippen molar-refractivity contribution >= 4 is 18.2 Å². The third-order valence-electron chi connectivity index (χ3n) is 5.54. The summed E-state index contributed by atoms with van der Waals surface area (Å²) in [6.45, 7) is 2.83.